The lowest BCUT2D eigenvalue weighted by Gasteiger charge is -2.28. The molecule has 0 amide bonds. The fourth-order valence-electron chi connectivity index (χ4n) is 1.78. The van der Waals surface area contributed by atoms with Crippen LogP contribution in [0.4, 0.5) is 0 Å². The normalized spacial score (nSPS) is 43.7. The Hall–Kier alpha value is -0.0800. The van der Waals surface area contributed by atoms with Crippen molar-refractivity contribution in [1.82, 2.24) is 10.2 Å². The Morgan fingerprint density at radius 3 is 2.78 bits per heavy atom. The van der Waals surface area contributed by atoms with E-state index < -0.39 is 0 Å². The van der Waals surface area contributed by atoms with Gasteiger partial charge in [-0.1, -0.05) is 0 Å². The number of nitrogens with zero attached hydrogens (tertiary/aromatic N) is 1. The first kappa shape index (κ1) is 5.69. The van der Waals surface area contributed by atoms with E-state index in [0.717, 1.165) is 0 Å². The predicted molar refractivity (Wildman–Crippen MR) is 37.5 cm³/mol. The van der Waals surface area contributed by atoms with Gasteiger partial charge in [0.05, 0.1) is 0 Å². The van der Waals surface area contributed by atoms with Crippen LogP contribution in [-0.4, -0.2) is 37.1 Å². The largest absolute Gasteiger partial charge is 0.307 e. The molecule has 0 saturated carbocycles. The second-order valence-electron chi connectivity index (χ2n) is 3.48. The number of hydrogen-bond donors (Lipinski definition) is 1. The molecule has 0 aromatic rings. The standard InChI is InChI=1S/C7H14N2/c1-9-4-2-3-7(6-9)5-8-7/h8H,2-6H2,1H3. The molecule has 2 heteroatoms. The second kappa shape index (κ2) is 1.70. The van der Waals surface area contributed by atoms with Crippen LogP contribution < -0.4 is 5.32 Å². The number of nitrogens with one attached hydrogen (secondary N) is 1. The van der Waals surface area contributed by atoms with E-state index in [2.05, 4.69) is 17.3 Å². The molecule has 0 aliphatic carbocycles. The van der Waals surface area contributed by atoms with Crippen LogP contribution in [0.3, 0.4) is 0 Å². The van der Waals surface area contributed by atoms with Crippen LogP contribution in [0.15, 0.2) is 0 Å². The van der Waals surface area contributed by atoms with Crippen LogP contribution in [0.25, 0.3) is 0 Å². The smallest absolute Gasteiger partial charge is 0.0436 e. The SMILES string of the molecule is CN1CCCC2(CN2)C1. The molecule has 9 heavy (non-hydrogen) atoms. The van der Waals surface area contributed by atoms with Gasteiger partial charge >= 0.3 is 0 Å². The van der Waals surface area contributed by atoms with Gasteiger partial charge in [0.1, 0.15) is 0 Å². The molecule has 2 rings (SSSR count). The van der Waals surface area contributed by atoms with Crippen LogP contribution in [0.5, 0.6) is 0 Å². The van der Waals surface area contributed by atoms with E-state index in [-0.39, 0.29) is 0 Å². The summed E-state index contributed by atoms with van der Waals surface area (Å²) in [7, 11) is 2.21. The lowest BCUT2D eigenvalue weighted by atomic mass is 9.99. The van der Waals surface area contributed by atoms with E-state index >= 15 is 0 Å². The van der Waals surface area contributed by atoms with Gasteiger partial charge in [-0.2, -0.15) is 0 Å². The monoisotopic (exact) mass is 126 g/mol. The Labute approximate surface area is 56.2 Å². The quantitative estimate of drug-likeness (QED) is 0.464. The Morgan fingerprint density at radius 1 is 1.56 bits per heavy atom. The first-order chi connectivity index (χ1) is 4.31. The summed E-state index contributed by atoms with van der Waals surface area (Å²) < 4.78 is 0. The summed E-state index contributed by atoms with van der Waals surface area (Å²) >= 11 is 0. The van der Waals surface area contributed by atoms with Gasteiger partial charge in [0.25, 0.3) is 0 Å². The highest BCUT2D eigenvalue weighted by molar-refractivity contribution is 5.07. The maximum atomic E-state index is 3.44. The zero-order valence-corrected chi connectivity index (χ0v) is 5.98. The van der Waals surface area contributed by atoms with E-state index in [1.807, 2.05) is 0 Å². The van der Waals surface area contributed by atoms with Gasteiger partial charge in [0, 0.05) is 18.6 Å². The maximum Gasteiger partial charge on any atom is 0.0436 e. The second-order valence-corrected chi connectivity index (χ2v) is 3.48. The fourth-order valence-corrected chi connectivity index (χ4v) is 1.78. The third-order valence-corrected chi connectivity index (χ3v) is 2.44. The Bertz CT molecular complexity index is 118. The van der Waals surface area contributed by atoms with Gasteiger partial charge in [-0.25, -0.2) is 0 Å². The molecule has 1 atom stereocenters. The molecule has 1 N–H and O–H groups in total. The minimum atomic E-state index is 0.576. The molecule has 2 nitrogen and oxygen atoms in total. The third kappa shape index (κ3) is 0.970. The highest BCUT2D eigenvalue weighted by Crippen LogP contribution is 2.27. The Kier molecular flexibility index (Phi) is 1.08. The van der Waals surface area contributed by atoms with Gasteiger partial charge in [0.15, 0.2) is 0 Å². The summed E-state index contributed by atoms with van der Waals surface area (Å²) in [6.07, 6.45) is 2.78. The Balaban J connectivity index is 1.96. The van der Waals surface area contributed by atoms with Crippen molar-refractivity contribution in [2.24, 2.45) is 0 Å². The van der Waals surface area contributed by atoms with Crippen molar-refractivity contribution in [3.05, 3.63) is 0 Å². The summed E-state index contributed by atoms with van der Waals surface area (Å²) in [5.41, 5.74) is 0.576. The van der Waals surface area contributed by atoms with Gasteiger partial charge < -0.3 is 10.2 Å². The van der Waals surface area contributed by atoms with Crippen molar-refractivity contribution in [3.63, 3.8) is 0 Å². The van der Waals surface area contributed by atoms with Crippen molar-refractivity contribution in [1.29, 1.82) is 0 Å². The van der Waals surface area contributed by atoms with Crippen molar-refractivity contribution < 1.29 is 0 Å². The topological polar surface area (TPSA) is 25.2 Å². The molecule has 0 aromatic heterocycles. The minimum Gasteiger partial charge on any atom is -0.307 e. The summed E-state index contributed by atoms with van der Waals surface area (Å²) in [5, 5.41) is 3.44. The van der Waals surface area contributed by atoms with E-state index in [9.17, 15) is 0 Å². The minimum absolute atomic E-state index is 0.576. The molecule has 2 saturated heterocycles. The number of hydrogen-bond acceptors (Lipinski definition) is 2. The molecule has 52 valence electrons. The van der Waals surface area contributed by atoms with Crippen molar-refractivity contribution >= 4 is 0 Å². The first-order valence-electron chi connectivity index (χ1n) is 3.74. The summed E-state index contributed by atoms with van der Waals surface area (Å²) in [6.45, 7) is 3.83. The van der Waals surface area contributed by atoms with E-state index in [1.54, 1.807) is 0 Å². The van der Waals surface area contributed by atoms with Crippen molar-refractivity contribution in [2.45, 2.75) is 18.4 Å². The zero-order chi connectivity index (χ0) is 6.32. The molecule has 0 bridgehead atoms. The van der Waals surface area contributed by atoms with E-state index in [0.29, 0.717) is 5.54 Å². The number of likely N-dealkylation sites (tertiary alicyclic amines) is 1. The maximum absolute atomic E-state index is 3.44. The van der Waals surface area contributed by atoms with Crippen LogP contribution in [0.1, 0.15) is 12.8 Å². The van der Waals surface area contributed by atoms with Crippen LogP contribution in [0, 0.1) is 0 Å². The highest BCUT2D eigenvalue weighted by atomic mass is 15.3. The number of likely N-dealkylation sites (N-methyl/N-ethyl adjacent to an activating group) is 1. The average molecular weight is 126 g/mol. The molecule has 2 fully saturated rings. The molecule has 2 heterocycles. The molecule has 0 radical (unpaired) electrons. The summed E-state index contributed by atoms with van der Waals surface area (Å²) in [4.78, 5) is 2.42. The lowest BCUT2D eigenvalue weighted by molar-refractivity contribution is 0.236. The number of piperidine rings is 1. The third-order valence-electron chi connectivity index (χ3n) is 2.44. The summed E-state index contributed by atoms with van der Waals surface area (Å²) in [5.74, 6) is 0. The van der Waals surface area contributed by atoms with Gasteiger partial charge in [-0.05, 0) is 26.4 Å². The molecule has 1 spiro atoms. The zero-order valence-electron chi connectivity index (χ0n) is 5.98. The lowest BCUT2D eigenvalue weighted by Crippen LogP contribution is -2.39. The van der Waals surface area contributed by atoms with Crippen molar-refractivity contribution in [3.8, 4) is 0 Å². The van der Waals surface area contributed by atoms with Crippen molar-refractivity contribution in [2.75, 3.05) is 26.7 Å². The van der Waals surface area contributed by atoms with E-state index in [4.69, 9.17) is 0 Å². The van der Waals surface area contributed by atoms with Gasteiger partial charge in [-0.15, -0.1) is 0 Å². The first-order valence-corrected chi connectivity index (χ1v) is 3.74. The Morgan fingerprint density at radius 2 is 2.33 bits per heavy atom. The average Bonchev–Trinajstić information content (AvgIpc) is 2.49. The van der Waals surface area contributed by atoms with Crippen LogP contribution >= 0.6 is 0 Å². The van der Waals surface area contributed by atoms with Gasteiger partial charge in [-0.3, -0.25) is 0 Å². The molecular weight excluding hydrogens is 112 g/mol. The van der Waals surface area contributed by atoms with Crippen LogP contribution in [0.2, 0.25) is 0 Å². The van der Waals surface area contributed by atoms with E-state index in [1.165, 1.54) is 32.5 Å². The highest BCUT2D eigenvalue weighted by Gasteiger charge is 2.43. The fraction of sp³-hybridized carbons (Fsp3) is 1.00. The molecule has 0 aromatic carbocycles. The number of rotatable bonds is 0. The molecular formula is C7H14N2. The summed E-state index contributed by atoms with van der Waals surface area (Å²) in [6, 6.07) is 0. The van der Waals surface area contributed by atoms with Crippen LogP contribution in [-0.2, 0) is 0 Å². The molecule has 2 aliphatic rings. The molecule has 2 aliphatic heterocycles. The van der Waals surface area contributed by atoms with Gasteiger partial charge in [0.2, 0.25) is 0 Å². The predicted octanol–water partition coefficient (Wildman–Crippen LogP) is 0.0540. The molecule has 1 unspecified atom stereocenters.